The van der Waals surface area contributed by atoms with Crippen LogP contribution >= 0.6 is 15.9 Å². The molecular formula is C21H17BrN2O4. The number of amides is 4. The third-order valence-corrected chi connectivity index (χ3v) is 4.60. The maximum Gasteiger partial charge on any atom is 0.335 e. The van der Waals surface area contributed by atoms with E-state index in [9.17, 15) is 14.4 Å². The lowest BCUT2D eigenvalue weighted by Gasteiger charge is -2.26. The van der Waals surface area contributed by atoms with Gasteiger partial charge in [-0.1, -0.05) is 30.9 Å². The number of nitrogens with one attached hydrogen (secondary N) is 1. The Hall–Kier alpha value is -3.19. The Morgan fingerprint density at radius 3 is 2.64 bits per heavy atom. The zero-order valence-corrected chi connectivity index (χ0v) is 16.7. The Balaban J connectivity index is 1.95. The summed E-state index contributed by atoms with van der Waals surface area (Å²) >= 11 is 3.40. The highest BCUT2D eigenvalue weighted by Gasteiger charge is 2.36. The van der Waals surface area contributed by atoms with Crippen LogP contribution in [0.2, 0.25) is 0 Å². The van der Waals surface area contributed by atoms with E-state index in [0.717, 1.165) is 10.5 Å². The minimum Gasteiger partial charge on any atom is -0.488 e. The molecular weight excluding hydrogens is 424 g/mol. The summed E-state index contributed by atoms with van der Waals surface area (Å²) in [6.07, 6.45) is 3.07. The molecule has 0 aliphatic carbocycles. The van der Waals surface area contributed by atoms with Crippen molar-refractivity contribution >= 4 is 45.5 Å². The molecule has 0 saturated carbocycles. The lowest BCUT2D eigenvalue weighted by Crippen LogP contribution is -2.54. The molecule has 0 radical (unpaired) electrons. The molecule has 28 heavy (non-hydrogen) atoms. The van der Waals surface area contributed by atoms with Gasteiger partial charge in [-0.3, -0.25) is 14.9 Å². The fourth-order valence-electron chi connectivity index (χ4n) is 2.70. The molecule has 3 rings (SSSR count). The molecule has 0 bridgehead atoms. The summed E-state index contributed by atoms with van der Waals surface area (Å²) in [6, 6.07) is 11.3. The molecule has 1 N–H and O–H groups in total. The van der Waals surface area contributed by atoms with Crippen molar-refractivity contribution < 1.29 is 19.1 Å². The number of halogens is 1. The molecule has 1 aliphatic rings. The van der Waals surface area contributed by atoms with E-state index >= 15 is 0 Å². The summed E-state index contributed by atoms with van der Waals surface area (Å²) < 4.78 is 6.15. The van der Waals surface area contributed by atoms with Gasteiger partial charge in [0.15, 0.2) is 0 Å². The van der Waals surface area contributed by atoms with Gasteiger partial charge in [0.25, 0.3) is 11.8 Å². The smallest absolute Gasteiger partial charge is 0.335 e. The highest BCUT2D eigenvalue weighted by molar-refractivity contribution is 9.10. The molecule has 0 atom stereocenters. The number of nitrogens with zero attached hydrogens (tertiary/aromatic N) is 1. The molecule has 0 spiro atoms. The molecule has 1 aliphatic heterocycles. The van der Waals surface area contributed by atoms with Gasteiger partial charge in [0.05, 0.1) is 10.2 Å². The second-order valence-corrected chi connectivity index (χ2v) is 6.94. The van der Waals surface area contributed by atoms with Gasteiger partial charge in [0.2, 0.25) is 0 Å². The molecule has 0 aromatic heterocycles. The Kier molecular flexibility index (Phi) is 5.75. The van der Waals surface area contributed by atoms with E-state index < -0.39 is 17.8 Å². The molecule has 1 heterocycles. The number of anilines is 1. The summed E-state index contributed by atoms with van der Waals surface area (Å²) in [5.41, 5.74) is 1.76. The summed E-state index contributed by atoms with van der Waals surface area (Å²) in [5.74, 6) is -0.803. The van der Waals surface area contributed by atoms with E-state index in [1.165, 1.54) is 6.08 Å². The van der Waals surface area contributed by atoms with Crippen LogP contribution in [-0.2, 0) is 9.59 Å². The zero-order valence-electron chi connectivity index (χ0n) is 15.1. The lowest BCUT2D eigenvalue weighted by molar-refractivity contribution is -0.122. The van der Waals surface area contributed by atoms with Crippen LogP contribution in [0.3, 0.4) is 0 Å². The van der Waals surface area contributed by atoms with Crippen LogP contribution in [0, 0.1) is 6.92 Å². The Bertz CT molecular complexity index is 1010. The van der Waals surface area contributed by atoms with Crippen LogP contribution in [0.5, 0.6) is 5.75 Å². The molecule has 142 valence electrons. The van der Waals surface area contributed by atoms with Crippen molar-refractivity contribution in [3.8, 4) is 5.75 Å². The highest BCUT2D eigenvalue weighted by Crippen LogP contribution is 2.28. The number of barbiturate groups is 1. The van der Waals surface area contributed by atoms with Crippen molar-refractivity contribution in [3.05, 3.63) is 76.3 Å². The van der Waals surface area contributed by atoms with Crippen LogP contribution in [0.4, 0.5) is 10.5 Å². The number of hydrogen-bond acceptors (Lipinski definition) is 4. The van der Waals surface area contributed by atoms with Crippen LogP contribution in [0.15, 0.2) is 65.2 Å². The summed E-state index contributed by atoms with van der Waals surface area (Å²) in [6.45, 7) is 5.80. The first-order valence-electron chi connectivity index (χ1n) is 8.42. The van der Waals surface area contributed by atoms with E-state index in [0.29, 0.717) is 28.1 Å². The number of urea groups is 1. The molecule has 0 unspecified atom stereocenters. The standard InChI is InChI=1S/C21H17BrN2O4/c1-3-9-28-18-8-7-14(12-17(18)22)11-16-19(25)23-21(27)24(20(16)26)15-6-4-5-13(2)10-15/h3-8,10-12H,1,9H2,2H3,(H,23,25,27)/b16-11-. The molecule has 7 heteroatoms. The molecule has 4 amide bonds. The highest BCUT2D eigenvalue weighted by atomic mass is 79.9. The van der Waals surface area contributed by atoms with Crippen LogP contribution < -0.4 is 15.0 Å². The average Bonchev–Trinajstić information content (AvgIpc) is 2.64. The summed E-state index contributed by atoms with van der Waals surface area (Å²) in [7, 11) is 0. The van der Waals surface area contributed by atoms with Crippen molar-refractivity contribution in [3.63, 3.8) is 0 Å². The summed E-state index contributed by atoms with van der Waals surface area (Å²) in [5, 5.41) is 2.21. The van der Waals surface area contributed by atoms with Crippen molar-refractivity contribution in [2.24, 2.45) is 0 Å². The van der Waals surface area contributed by atoms with Crippen LogP contribution in [0.1, 0.15) is 11.1 Å². The van der Waals surface area contributed by atoms with Gasteiger partial charge >= 0.3 is 6.03 Å². The van der Waals surface area contributed by atoms with Gasteiger partial charge in [-0.25, -0.2) is 9.69 Å². The quantitative estimate of drug-likeness (QED) is 0.433. The largest absolute Gasteiger partial charge is 0.488 e. The fourth-order valence-corrected chi connectivity index (χ4v) is 3.21. The molecule has 1 saturated heterocycles. The van der Waals surface area contributed by atoms with E-state index in [-0.39, 0.29) is 5.57 Å². The van der Waals surface area contributed by atoms with E-state index in [1.54, 1.807) is 42.5 Å². The van der Waals surface area contributed by atoms with Gasteiger partial charge in [-0.15, -0.1) is 0 Å². The second-order valence-electron chi connectivity index (χ2n) is 6.09. The van der Waals surface area contributed by atoms with Gasteiger partial charge in [0, 0.05) is 0 Å². The van der Waals surface area contributed by atoms with Gasteiger partial charge in [-0.05, 0) is 64.3 Å². The number of hydrogen-bond donors (Lipinski definition) is 1. The first-order chi connectivity index (χ1) is 13.4. The van der Waals surface area contributed by atoms with Crippen molar-refractivity contribution in [2.75, 3.05) is 11.5 Å². The van der Waals surface area contributed by atoms with Gasteiger partial charge < -0.3 is 4.74 Å². The van der Waals surface area contributed by atoms with Crippen LogP contribution in [0.25, 0.3) is 6.08 Å². The van der Waals surface area contributed by atoms with Crippen molar-refractivity contribution in [1.29, 1.82) is 0 Å². The number of rotatable bonds is 5. The number of carbonyl (C=O) groups is 3. The number of carbonyl (C=O) groups excluding carboxylic acids is 3. The molecule has 6 nitrogen and oxygen atoms in total. The molecule has 2 aromatic carbocycles. The fraction of sp³-hybridized carbons (Fsp3) is 0.0952. The average molecular weight is 441 g/mol. The second kappa shape index (κ2) is 8.22. The number of benzene rings is 2. The molecule has 2 aromatic rings. The summed E-state index contributed by atoms with van der Waals surface area (Å²) in [4.78, 5) is 38.3. The Labute approximate surface area is 170 Å². The van der Waals surface area contributed by atoms with Crippen LogP contribution in [-0.4, -0.2) is 24.5 Å². The van der Waals surface area contributed by atoms with Gasteiger partial charge in [0.1, 0.15) is 17.9 Å². The molecule has 1 fully saturated rings. The van der Waals surface area contributed by atoms with E-state index in [4.69, 9.17) is 4.74 Å². The number of ether oxygens (including phenoxy) is 1. The Morgan fingerprint density at radius 1 is 1.18 bits per heavy atom. The third-order valence-electron chi connectivity index (χ3n) is 3.99. The zero-order chi connectivity index (χ0) is 20.3. The predicted molar refractivity (Wildman–Crippen MR) is 110 cm³/mol. The van der Waals surface area contributed by atoms with Gasteiger partial charge in [-0.2, -0.15) is 0 Å². The first kappa shape index (κ1) is 19.6. The third kappa shape index (κ3) is 4.04. The van der Waals surface area contributed by atoms with Crippen molar-refractivity contribution in [2.45, 2.75) is 6.92 Å². The first-order valence-corrected chi connectivity index (χ1v) is 9.21. The van der Waals surface area contributed by atoms with Crippen molar-refractivity contribution in [1.82, 2.24) is 5.32 Å². The lowest BCUT2D eigenvalue weighted by atomic mass is 10.1. The van der Waals surface area contributed by atoms with E-state index in [1.807, 2.05) is 13.0 Å². The SMILES string of the molecule is C=CCOc1ccc(/C=C2/C(=O)NC(=O)N(c3cccc(C)c3)C2=O)cc1Br. The minimum absolute atomic E-state index is 0.132. The monoisotopic (exact) mass is 440 g/mol. The maximum atomic E-state index is 12.9. The minimum atomic E-state index is -0.771. The number of imide groups is 2. The van der Waals surface area contributed by atoms with E-state index in [2.05, 4.69) is 27.8 Å². The maximum absolute atomic E-state index is 12.9. The Morgan fingerprint density at radius 2 is 1.96 bits per heavy atom. The topological polar surface area (TPSA) is 75.7 Å². The number of aryl methyl sites for hydroxylation is 1. The predicted octanol–water partition coefficient (Wildman–Crippen LogP) is 3.99. The normalized spacial score (nSPS) is 15.6.